The molecule has 14 heavy (non-hydrogen) atoms. The molecule has 1 fully saturated rings. The second-order valence-electron chi connectivity index (χ2n) is 3.75. The standard InChI is InChI=1S/C9H13NO3S/c11-8(12)5-9(6-14,10-13)7-3-1-2-4-7/h6-7H,1-5H2,(H,11,12). The molecule has 1 aliphatic carbocycles. The normalized spacial score (nSPS) is 21.4. The molecule has 1 atom stereocenters. The molecule has 1 N–H and O–H groups in total. The summed E-state index contributed by atoms with van der Waals surface area (Å²) in [5.41, 5.74) is -1.16. The van der Waals surface area contributed by atoms with Gasteiger partial charge in [-0.05, 0) is 18.8 Å². The average Bonchev–Trinajstić information content (AvgIpc) is 2.67. The molecule has 0 aliphatic heterocycles. The van der Waals surface area contributed by atoms with Crippen molar-refractivity contribution in [2.75, 3.05) is 0 Å². The Hall–Kier alpha value is -0.840. The molecule has 1 rings (SSSR count). The van der Waals surface area contributed by atoms with Gasteiger partial charge in [-0.15, -0.1) is 4.91 Å². The summed E-state index contributed by atoms with van der Waals surface area (Å²) in [6.45, 7) is 0. The molecule has 1 saturated carbocycles. The van der Waals surface area contributed by atoms with Crippen LogP contribution >= 0.6 is 12.2 Å². The second-order valence-corrected chi connectivity index (χ2v) is 3.99. The molecule has 0 bridgehead atoms. The zero-order valence-corrected chi connectivity index (χ0v) is 8.63. The third kappa shape index (κ3) is 2.15. The zero-order valence-electron chi connectivity index (χ0n) is 7.81. The smallest absolute Gasteiger partial charge is 0.306 e. The van der Waals surface area contributed by atoms with Crippen LogP contribution in [0.3, 0.4) is 0 Å². The van der Waals surface area contributed by atoms with Crippen LogP contribution in [0.2, 0.25) is 0 Å². The number of nitroso groups, excluding NO2 is 1. The van der Waals surface area contributed by atoms with Gasteiger partial charge in [0.25, 0.3) is 0 Å². The van der Waals surface area contributed by atoms with Crippen molar-refractivity contribution < 1.29 is 9.90 Å². The fourth-order valence-corrected chi connectivity index (χ4v) is 2.40. The second kappa shape index (κ2) is 4.59. The minimum Gasteiger partial charge on any atom is -0.481 e. The topological polar surface area (TPSA) is 66.7 Å². The Bertz CT molecular complexity index is 240. The number of rotatable bonds is 5. The Morgan fingerprint density at radius 2 is 2.14 bits per heavy atom. The lowest BCUT2D eigenvalue weighted by Gasteiger charge is -2.26. The first kappa shape index (κ1) is 11.2. The van der Waals surface area contributed by atoms with Crippen LogP contribution in [-0.2, 0) is 4.79 Å². The third-order valence-electron chi connectivity index (χ3n) is 2.87. The molecule has 5 heteroatoms. The monoisotopic (exact) mass is 215 g/mol. The van der Waals surface area contributed by atoms with Gasteiger partial charge in [-0.2, -0.15) is 0 Å². The molecule has 78 valence electrons. The van der Waals surface area contributed by atoms with Gasteiger partial charge < -0.3 is 5.11 Å². The van der Waals surface area contributed by atoms with Gasteiger partial charge in [0.2, 0.25) is 0 Å². The fraction of sp³-hybridized carbons (Fsp3) is 0.778. The van der Waals surface area contributed by atoms with Crippen molar-refractivity contribution >= 4 is 23.6 Å². The maximum absolute atomic E-state index is 10.8. The van der Waals surface area contributed by atoms with Gasteiger partial charge in [0.15, 0.2) is 0 Å². The van der Waals surface area contributed by atoms with Gasteiger partial charge in [-0.1, -0.05) is 30.2 Å². The largest absolute Gasteiger partial charge is 0.481 e. The molecule has 0 amide bonds. The van der Waals surface area contributed by atoms with Crippen LogP contribution in [0.1, 0.15) is 32.1 Å². The Morgan fingerprint density at radius 3 is 2.50 bits per heavy atom. The van der Waals surface area contributed by atoms with Crippen LogP contribution in [0.25, 0.3) is 0 Å². The van der Waals surface area contributed by atoms with Gasteiger partial charge >= 0.3 is 5.97 Å². The maximum atomic E-state index is 10.8. The molecule has 0 aromatic carbocycles. The molecular weight excluding hydrogens is 202 g/mol. The van der Waals surface area contributed by atoms with E-state index in [4.69, 9.17) is 17.3 Å². The van der Waals surface area contributed by atoms with Crippen molar-refractivity contribution in [1.29, 1.82) is 0 Å². The summed E-state index contributed by atoms with van der Waals surface area (Å²) in [4.78, 5) is 21.4. The first-order valence-corrected chi connectivity index (χ1v) is 5.14. The number of carboxylic acid groups (broad SMARTS) is 1. The van der Waals surface area contributed by atoms with E-state index < -0.39 is 11.5 Å². The Morgan fingerprint density at radius 1 is 1.57 bits per heavy atom. The van der Waals surface area contributed by atoms with Crippen molar-refractivity contribution in [2.45, 2.75) is 37.6 Å². The first-order valence-electron chi connectivity index (χ1n) is 4.67. The first-order chi connectivity index (χ1) is 6.64. The molecule has 1 aliphatic rings. The van der Waals surface area contributed by atoms with Gasteiger partial charge in [0.05, 0.1) is 6.42 Å². The molecule has 0 radical (unpaired) electrons. The van der Waals surface area contributed by atoms with E-state index in [1.165, 1.54) is 5.37 Å². The minimum absolute atomic E-state index is 0.0219. The minimum atomic E-state index is -1.16. The van der Waals surface area contributed by atoms with Crippen molar-refractivity contribution in [3.8, 4) is 0 Å². The SMILES string of the molecule is O=NC(C=S)(CC(=O)O)C1CCCC1. The summed E-state index contributed by atoms with van der Waals surface area (Å²) >= 11 is 4.76. The summed E-state index contributed by atoms with van der Waals surface area (Å²) in [6, 6.07) is 0. The Balaban J connectivity index is 2.82. The number of aliphatic carboxylic acids is 1. The van der Waals surface area contributed by atoms with Crippen LogP contribution in [0, 0.1) is 10.8 Å². The highest BCUT2D eigenvalue weighted by Gasteiger charge is 2.41. The highest BCUT2D eigenvalue weighted by molar-refractivity contribution is 7.79. The number of thiocarbonyl (C=S) groups is 1. The van der Waals surface area contributed by atoms with Crippen LogP contribution in [0.15, 0.2) is 5.18 Å². The van der Waals surface area contributed by atoms with Crippen molar-refractivity contribution in [3.05, 3.63) is 4.91 Å². The van der Waals surface area contributed by atoms with Crippen LogP contribution in [0.4, 0.5) is 0 Å². The third-order valence-corrected chi connectivity index (χ3v) is 3.28. The van der Waals surface area contributed by atoms with E-state index in [9.17, 15) is 9.70 Å². The van der Waals surface area contributed by atoms with Crippen molar-refractivity contribution in [3.63, 3.8) is 0 Å². The van der Waals surface area contributed by atoms with E-state index in [1.807, 2.05) is 0 Å². The molecule has 0 aromatic heterocycles. The Labute approximate surface area is 87.7 Å². The zero-order chi connectivity index (χ0) is 10.6. The Kier molecular flexibility index (Phi) is 3.69. The quantitative estimate of drug-likeness (QED) is 0.563. The molecule has 4 nitrogen and oxygen atoms in total. The number of carbonyl (C=O) groups is 1. The summed E-state index contributed by atoms with van der Waals surface area (Å²) in [5.74, 6) is -0.994. The molecule has 0 spiro atoms. The van der Waals surface area contributed by atoms with Crippen molar-refractivity contribution in [2.24, 2.45) is 11.1 Å². The number of hydrogen-bond acceptors (Lipinski definition) is 4. The van der Waals surface area contributed by atoms with E-state index in [1.54, 1.807) is 0 Å². The van der Waals surface area contributed by atoms with Gasteiger partial charge in [0, 0.05) is 5.37 Å². The maximum Gasteiger partial charge on any atom is 0.306 e. The highest BCUT2D eigenvalue weighted by atomic mass is 32.1. The molecule has 0 aromatic rings. The van der Waals surface area contributed by atoms with Crippen LogP contribution in [0.5, 0.6) is 0 Å². The number of nitrogens with zero attached hydrogens (tertiary/aromatic N) is 1. The predicted molar refractivity (Wildman–Crippen MR) is 56.4 cm³/mol. The fourth-order valence-electron chi connectivity index (χ4n) is 2.08. The van der Waals surface area contributed by atoms with E-state index >= 15 is 0 Å². The van der Waals surface area contributed by atoms with Crippen molar-refractivity contribution in [1.82, 2.24) is 0 Å². The lowest BCUT2D eigenvalue weighted by molar-refractivity contribution is -0.138. The number of hydrogen-bond donors (Lipinski definition) is 1. The van der Waals surface area contributed by atoms with Crippen LogP contribution in [-0.4, -0.2) is 22.0 Å². The summed E-state index contributed by atoms with van der Waals surface area (Å²) < 4.78 is 0. The average molecular weight is 215 g/mol. The highest BCUT2D eigenvalue weighted by Crippen LogP contribution is 2.37. The van der Waals surface area contributed by atoms with E-state index in [2.05, 4.69) is 5.18 Å². The van der Waals surface area contributed by atoms with Gasteiger partial charge in [-0.25, -0.2) is 0 Å². The van der Waals surface area contributed by atoms with Gasteiger partial charge in [-0.3, -0.25) is 4.79 Å². The number of carboxylic acids is 1. The predicted octanol–water partition coefficient (Wildman–Crippen LogP) is 2.16. The molecule has 1 unspecified atom stereocenters. The van der Waals surface area contributed by atoms with E-state index in [0.29, 0.717) is 0 Å². The molecule has 0 heterocycles. The van der Waals surface area contributed by atoms with Crippen LogP contribution < -0.4 is 0 Å². The molecular formula is C9H13NO3S. The lowest BCUT2D eigenvalue weighted by Crippen LogP contribution is -2.38. The van der Waals surface area contributed by atoms with E-state index in [-0.39, 0.29) is 12.3 Å². The summed E-state index contributed by atoms with van der Waals surface area (Å²) in [6.07, 6.45) is 3.50. The summed E-state index contributed by atoms with van der Waals surface area (Å²) in [5, 5.41) is 12.9. The lowest BCUT2D eigenvalue weighted by atomic mass is 9.82. The van der Waals surface area contributed by atoms with Gasteiger partial charge in [0.1, 0.15) is 5.54 Å². The summed E-state index contributed by atoms with van der Waals surface area (Å²) in [7, 11) is 0. The van der Waals surface area contributed by atoms with E-state index in [0.717, 1.165) is 25.7 Å². The molecule has 0 saturated heterocycles.